The molecule has 146 valence electrons. The van der Waals surface area contributed by atoms with E-state index in [0.29, 0.717) is 36.4 Å². The van der Waals surface area contributed by atoms with E-state index >= 15 is 0 Å². The Labute approximate surface area is 163 Å². The molecule has 0 aliphatic rings. The van der Waals surface area contributed by atoms with E-state index in [1.807, 2.05) is 18.2 Å². The maximum atomic E-state index is 13.0. The lowest BCUT2D eigenvalue weighted by molar-refractivity contribution is 0.354. The first-order chi connectivity index (χ1) is 13.7. The van der Waals surface area contributed by atoms with Gasteiger partial charge in [-0.05, 0) is 47.9 Å². The van der Waals surface area contributed by atoms with Crippen LogP contribution in [0.25, 0.3) is 0 Å². The van der Waals surface area contributed by atoms with Gasteiger partial charge in [0.15, 0.2) is 11.5 Å². The first-order valence-electron chi connectivity index (χ1n) is 8.94. The number of hydrogen-bond donors (Lipinski definition) is 2. The second-order valence-corrected chi connectivity index (χ2v) is 6.11. The van der Waals surface area contributed by atoms with Crippen LogP contribution in [-0.2, 0) is 13.0 Å². The van der Waals surface area contributed by atoms with Crippen LogP contribution in [-0.4, -0.2) is 30.7 Å². The number of ether oxygens (including phenoxy) is 2. The van der Waals surface area contributed by atoms with Gasteiger partial charge in [-0.2, -0.15) is 4.98 Å². The van der Waals surface area contributed by atoms with Crippen molar-refractivity contribution in [2.45, 2.75) is 13.0 Å². The van der Waals surface area contributed by atoms with E-state index in [0.717, 1.165) is 17.5 Å². The number of anilines is 2. The molecule has 0 aliphatic carbocycles. The highest BCUT2D eigenvalue weighted by Gasteiger charge is 2.05. The molecule has 0 spiro atoms. The Kier molecular flexibility index (Phi) is 6.62. The van der Waals surface area contributed by atoms with Gasteiger partial charge >= 0.3 is 0 Å². The van der Waals surface area contributed by atoms with E-state index < -0.39 is 0 Å². The van der Waals surface area contributed by atoms with Crippen molar-refractivity contribution in [1.82, 2.24) is 9.97 Å². The summed E-state index contributed by atoms with van der Waals surface area (Å²) < 4.78 is 23.5. The SMILES string of the molecule is COc1ccc(CCNc2nccc(NCc3ccc(F)cc3)n2)cc1OC. The third-order valence-electron chi connectivity index (χ3n) is 4.19. The van der Waals surface area contributed by atoms with Crippen molar-refractivity contribution in [3.63, 3.8) is 0 Å². The van der Waals surface area contributed by atoms with Gasteiger partial charge in [-0.15, -0.1) is 0 Å². The van der Waals surface area contributed by atoms with Crippen LogP contribution in [0.5, 0.6) is 11.5 Å². The summed E-state index contributed by atoms with van der Waals surface area (Å²) in [6.45, 7) is 1.24. The molecule has 2 aromatic carbocycles. The van der Waals surface area contributed by atoms with E-state index in [2.05, 4.69) is 20.6 Å². The van der Waals surface area contributed by atoms with Crippen molar-refractivity contribution in [2.75, 3.05) is 31.4 Å². The largest absolute Gasteiger partial charge is 0.493 e. The van der Waals surface area contributed by atoms with Crippen molar-refractivity contribution in [3.05, 3.63) is 71.7 Å². The monoisotopic (exact) mass is 382 g/mol. The molecule has 0 fully saturated rings. The fourth-order valence-corrected chi connectivity index (χ4v) is 2.69. The lowest BCUT2D eigenvalue weighted by Gasteiger charge is -2.11. The average molecular weight is 382 g/mol. The maximum absolute atomic E-state index is 13.0. The number of benzene rings is 2. The zero-order chi connectivity index (χ0) is 19.8. The van der Waals surface area contributed by atoms with Gasteiger partial charge in [-0.1, -0.05) is 18.2 Å². The van der Waals surface area contributed by atoms with Gasteiger partial charge in [0.05, 0.1) is 14.2 Å². The molecule has 3 rings (SSSR count). The second-order valence-electron chi connectivity index (χ2n) is 6.11. The molecule has 2 N–H and O–H groups in total. The summed E-state index contributed by atoms with van der Waals surface area (Å²) >= 11 is 0. The van der Waals surface area contributed by atoms with Gasteiger partial charge in [-0.3, -0.25) is 0 Å². The number of aromatic nitrogens is 2. The molecule has 6 nitrogen and oxygen atoms in total. The molecule has 0 saturated heterocycles. The first-order valence-corrected chi connectivity index (χ1v) is 8.94. The minimum Gasteiger partial charge on any atom is -0.493 e. The molecule has 0 radical (unpaired) electrons. The normalized spacial score (nSPS) is 10.4. The Bertz CT molecular complexity index is 903. The van der Waals surface area contributed by atoms with Crippen molar-refractivity contribution in [3.8, 4) is 11.5 Å². The van der Waals surface area contributed by atoms with E-state index in [1.165, 1.54) is 12.1 Å². The molecule has 0 atom stereocenters. The van der Waals surface area contributed by atoms with Gasteiger partial charge in [-0.25, -0.2) is 9.37 Å². The summed E-state index contributed by atoms with van der Waals surface area (Å²) in [5, 5.41) is 6.43. The summed E-state index contributed by atoms with van der Waals surface area (Å²) in [4.78, 5) is 8.69. The fraction of sp³-hybridized carbons (Fsp3) is 0.238. The van der Waals surface area contributed by atoms with Crippen molar-refractivity contribution < 1.29 is 13.9 Å². The molecule has 0 saturated carbocycles. The minimum atomic E-state index is -0.244. The molecule has 0 bridgehead atoms. The summed E-state index contributed by atoms with van der Waals surface area (Å²) in [6, 6.07) is 14.0. The van der Waals surface area contributed by atoms with Gasteiger partial charge in [0, 0.05) is 19.3 Å². The number of nitrogens with zero attached hydrogens (tertiary/aromatic N) is 2. The van der Waals surface area contributed by atoms with E-state index in [9.17, 15) is 4.39 Å². The molecular formula is C21H23FN4O2. The van der Waals surface area contributed by atoms with Crippen LogP contribution < -0.4 is 20.1 Å². The van der Waals surface area contributed by atoms with Crippen LogP contribution >= 0.6 is 0 Å². The molecule has 0 aliphatic heterocycles. The predicted octanol–water partition coefficient (Wildman–Crippen LogP) is 3.90. The van der Waals surface area contributed by atoms with Gasteiger partial charge in [0.2, 0.25) is 5.95 Å². The van der Waals surface area contributed by atoms with Crippen LogP contribution in [0.15, 0.2) is 54.7 Å². The standard InChI is InChI=1S/C21H23FN4O2/c1-27-18-8-5-15(13-19(18)28-2)9-11-23-21-24-12-10-20(26-21)25-14-16-3-6-17(22)7-4-16/h3-8,10,12-13H,9,11,14H2,1-2H3,(H2,23,24,25,26). The Hall–Kier alpha value is -3.35. The quantitative estimate of drug-likeness (QED) is 0.585. The number of nitrogens with one attached hydrogen (secondary N) is 2. The van der Waals surface area contributed by atoms with Crippen LogP contribution in [0.3, 0.4) is 0 Å². The highest BCUT2D eigenvalue weighted by molar-refractivity contribution is 5.43. The minimum absolute atomic E-state index is 0.244. The zero-order valence-electron chi connectivity index (χ0n) is 15.9. The Morgan fingerprint density at radius 1 is 0.893 bits per heavy atom. The highest BCUT2D eigenvalue weighted by atomic mass is 19.1. The highest BCUT2D eigenvalue weighted by Crippen LogP contribution is 2.27. The van der Waals surface area contributed by atoms with Crippen molar-refractivity contribution in [2.24, 2.45) is 0 Å². The smallest absolute Gasteiger partial charge is 0.224 e. The Morgan fingerprint density at radius 2 is 1.64 bits per heavy atom. The van der Waals surface area contributed by atoms with Crippen LogP contribution in [0, 0.1) is 5.82 Å². The molecule has 0 amide bonds. The molecule has 1 heterocycles. The Balaban J connectivity index is 1.52. The summed E-state index contributed by atoms with van der Waals surface area (Å²) in [5.74, 6) is 2.43. The predicted molar refractivity (Wildman–Crippen MR) is 107 cm³/mol. The molecule has 28 heavy (non-hydrogen) atoms. The van der Waals surface area contributed by atoms with Crippen LogP contribution in [0.2, 0.25) is 0 Å². The summed E-state index contributed by atoms with van der Waals surface area (Å²) in [6.07, 6.45) is 2.48. The number of rotatable bonds is 9. The summed E-state index contributed by atoms with van der Waals surface area (Å²) in [7, 11) is 3.24. The molecular weight excluding hydrogens is 359 g/mol. The fourth-order valence-electron chi connectivity index (χ4n) is 2.69. The van der Waals surface area contributed by atoms with Gasteiger partial charge in [0.25, 0.3) is 0 Å². The third-order valence-corrected chi connectivity index (χ3v) is 4.19. The number of methoxy groups -OCH3 is 2. The van der Waals surface area contributed by atoms with E-state index in [4.69, 9.17) is 9.47 Å². The van der Waals surface area contributed by atoms with Crippen molar-refractivity contribution >= 4 is 11.8 Å². The van der Waals surface area contributed by atoms with E-state index in [1.54, 1.807) is 38.6 Å². The van der Waals surface area contributed by atoms with Crippen molar-refractivity contribution in [1.29, 1.82) is 0 Å². The zero-order valence-corrected chi connectivity index (χ0v) is 15.9. The topological polar surface area (TPSA) is 68.3 Å². The Morgan fingerprint density at radius 3 is 2.39 bits per heavy atom. The maximum Gasteiger partial charge on any atom is 0.224 e. The number of hydrogen-bond acceptors (Lipinski definition) is 6. The van der Waals surface area contributed by atoms with Crippen LogP contribution in [0.4, 0.5) is 16.2 Å². The number of halogens is 1. The molecule has 1 aromatic heterocycles. The average Bonchev–Trinajstić information content (AvgIpc) is 2.73. The first kappa shape index (κ1) is 19.4. The van der Waals surface area contributed by atoms with Crippen LogP contribution in [0.1, 0.15) is 11.1 Å². The van der Waals surface area contributed by atoms with Gasteiger partial charge in [0.1, 0.15) is 11.6 Å². The molecule has 0 unspecified atom stereocenters. The lowest BCUT2D eigenvalue weighted by Crippen LogP contribution is -2.09. The summed E-state index contributed by atoms with van der Waals surface area (Å²) in [5.41, 5.74) is 2.10. The van der Waals surface area contributed by atoms with E-state index in [-0.39, 0.29) is 5.82 Å². The second kappa shape index (κ2) is 9.55. The third kappa shape index (κ3) is 5.33. The molecule has 3 aromatic rings. The lowest BCUT2D eigenvalue weighted by atomic mass is 10.1. The molecule has 7 heteroatoms. The van der Waals surface area contributed by atoms with Gasteiger partial charge < -0.3 is 20.1 Å².